The number of hydrogen-bond acceptors (Lipinski definition) is 2. The van der Waals surface area contributed by atoms with E-state index in [1.807, 2.05) is 48.9 Å². The lowest BCUT2D eigenvalue weighted by molar-refractivity contribution is 0.262. The van der Waals surface area contributed by atoms with E-state index >= 15 is 0 Å². The number of anilines is 2. The Labute approximate surface area is 125 Å². The van der Waals surface area contributed by atoms with Gasteiger partial charge in [-0.3, -0.25) is 4.68 Å². The van der Waals surface area contributed by atoms with Gasteiger partial charge in [0.2, 0.25) is 0 Å². The third kappa shape index (κ3) is 3.84. The summed E-state index contributed by atoms with van der Waals surface area (Å²) in [5, 5.41) is 10.2. The lowest BCUT2D eigenvalue weighted by atomic mass is 10.2. The van der Waals surface area contributed by atoms with E-state index in [9.17, 15) is 4.79 Å². The maximum absolute atomic E-state index is 12.1. The Hall–Kier alpha value is -2.30. The average Bonchev–Trinajstić information content (AvgIpc) is 2.67. The molecule has 0 unspecified atom stereocenters. The van der Waals surface area contributed by atoms with Crippen LogP contribution in [0.2, 0.25) is 0 Å². The molecule has 0 aliphatic rings. The second-order valence-corrected chi connectivity index (χ2v) is 5.57. The molecule has 112 valence electrons. The number of para-hydroxylation sites is 1. The van der Waals surface area contributed by atoms with Crippen molar-refractivity contribution in [2.24, 2.45) is 5.92 Å². The summed E-state index contributed by atoms with van der Waals surface area (Å²) < 4.78 is 1.94. The summed E-state index contributed by atoms with van der Waals surface area (Å²) in [6, 6.07) is 9.12. The Kier molecular flexibility index (Phi) is 4.62. The van der Waals surface area contributed by atoms with Crippen molar-refractivity contribution in [1.29, 1.82) is 0 Å². The molecule has 21 heavy (non-hydrogen) atoms. The van der Waals surface area contributed by atoms with E-state index in [2.05, 4.69) is 29.6 Å². The maximum Gasteiger partial charge on any atom is 0.323 e. The van der Waals surface area contributed by atoms with Crippen LogP contribution in [-0.4, -0.2) is 15.8 Å². The average molecular weight is 286 g/mol. The van der Waals surface area contributed by atoms with Crippen LogP contribution >= 0.6 is 0 Å². The molecule has 0 atom stereocenters. The second kappa shape index (κ2) is 6.43. The van der Waals surface area contributed by atoms with Crippen molar-refractivity contribution < 1.29 is 4.79 Å². The van der Waals surface area contributed by atoms with Crippen molar-refractivity contribution in [3.8, 4) is 0 Å². The summed E-state index contributed by atoms with van der Waals surface area (Å²) in [6.45, 7) is 9.01. The normalized spacial score (nSPS) is 10.7. The molecule has 0 saturated carbocycles. The number of hydrogen-bond donors (Lipinski definition) is 2. The van der Waals surface area contributed by atoms with Crippen LogP contribution in [-0.2, 0) is 6.54 Å². The van der Waals surface area contributed by atoms with Gasteiger partial charge in [-0.05, 0) is 31.9 Å². The van der Waals surface area contributed by atoms with Gasteiger partial charge in [0, 0.05) is 12.2 Å². The number of benzene rings is 1. The van der Waals surface area contributed by atoms with Crippen LogP contribution in [0.3, 0.4) is 0 Å². The summed E-state index contributed by atoms with van der Waals surface area (Å²) in [6.07, 6.45) is 0. The molecule has 0 radical (unpaired) electrons. The van der Waals surface area contributed by atoms with Gasteiger partial charge in [0.15, 0.2) is 0 Å². The largest absolute Gasteiger partial charge is 0.323 e. The third-order valence-corrected chi connectivity index (χ3v) is 3.19. The minimum atomic E-state index is -0.253. The van der Waals surface area contributed by atoms with Gasteiger partial charge in [0.1, 0.15) is 0 Å². The Balaban J connectivity index is 2.09. The molecule has 0 aliphatic carbocycles. The molecule has 2 N–H and O–H groups in total. The fourth-order valence-corrected chi connectivity index (χ4v) is 2.20. The number of urea groups is 1. The highest BCUT2D eigenvalue weighted by atomic mass is 16.2. The Morgan fingerprint density at radius 1 is 1.19 bits per heavy atom. The molecule has 2 amide bonds. The van der Waals surface area contributed by atoms with Crippen LogP contribution in [0.25, 0.3) is 0 Å². The fourth-order valence-electron chi connectivity index (χ4n) is 2.20. The zero-order valence-corrected chi connectivity index (χ0v) is 13.0. The quantitative estimate of drug-likeness (QED) is 0.898. The van der Waals surface area contributed by atoms with E-state index < -0.39 is 0 Å². The maximum atomic E-state index is 12.1. The van der Waals surface area contributed by atoms with Gasteiger partial charge < -0.3 is 10.6 Å². The van der Waals surface area contributed by atoms with Gasteiger partial charge in [0.05, 0.1) is 17.1 Å². The Morgan fingerprint density at radius 2 is 1.86 bits per heavy atom. The van der Waals surface area contributed by atoms with Crippen molar-refractivity contribution in [2.75, 3.05) is 10.6 Å². The van der Waals surface area contributed by atoms with Gasteiger partial charge in [-0.2, -0.15) is 5.10 Å². The highest BCUT2D eigenvalue weighted by Crippen LogP contribution is 2.20. The minimum Gasteiger partial charge on any atom is -0.308 e. The molecule has 0 saturated heterocycles. The van der Waals surface area contributed by atoms with Crippen LogP contribution in [0, 0.1) is 19.8 Å². The number of nitrogens with zero attached hydrogens (tertiary/aromatic N) is 2. The van der Waals surface area contributed by atoms with E-state index in [1.165, 1.54) is 0 Å². The predicted molar refractivity (Wildman–Crippen MR) is 85.6 cm³/mol. The lowest BCUT2D eigenvalue weighted by Gasteiger charge is -2.09. The molecule has 5 heteroatoms. The zero-order valence-electron chi connectivity index (χ0n) is 13.0. The third-order valence-electron chi connectivity index (χ3n) is 3.19. The van der Waals surface area contributed by atoms with Crippen molar-refractivity contribution in [3.05, 3.63) is 41.7 Å². The minimum absolute atomic E-state index is 0.253. The van der Waals surface area contributed by atoms with Crippen molar-refractivity contribution in [3.63, 3.8) is 0 Å². The summed E-state index contributed by atoms with van der Waals surface area (Å²) in [4.78, 5) is 12.1. The first-order chi connectivity index (χ1) is 9.97. The molecule has 5 nitrogen and oxygen atoms in total. The number of nitrogens with one attached hydrogen (secondary N) is 2. The Bertz CT molecular complexity index is 617. The lowest BCUT2D eigenvalue weighted by Crippen LogP contribution is -2.20. The Morgan fingerprint density at radius 3 is 2.48 bits per heavy atom. The molecule has 1 aromatic carbocycles. The topological polar surface area (TPSA) is 59.0 Å². The first kappa shape index (κ1) is 15.1. The number of carbonyl (C=O) groups is 1. The molecule has 0 spiro atoms. The fraction of sp³-hybridized carbons (Fsp3) is 0.375. The van der Waals surface area contributed by atoms with Gasteiger partial charge in [-0.25, -0.2) is 4.79 Å². The summed E-state index contributed by atoms with van der Waals surface area (Å²) >= 11 is 0. The summed E-state index contributed by atoms with van der Waals surface area (Å²) in [7, 11) is 0. The van der Waals surface area contributed by atoms with E-state index in [1.54, 1.807) is 0 Å². The first-order valence-corrected chi connectivity index (χ1v) is 7.14. The zero-order chi connectivity index (χ0) is 15.4. The predicted octanol–water partition coefficient (Wildman–Crippen LogP) is 3.80. The molecular formula is C16H22N4O. The first-order valence-electron chi connectivity index (χ1n) is 7.14. The molecule has 1 aromatic heterocycles. The molecule has 0 fully saturated rings. The second-order valence-electron chi connectivity index (χ2n) is 5.57. The van der Waals surface area contributed by atoms with Crippen LogP contribution in [0.15, 0.2) is 30.3 Å². The molecule has 0 bridgehead atoms. The number of aryl methyl sites for hydroxylation is 1. The van der Waals surface area contributed by atoms with Crippen molar-refractivity contribution in [1.82, 2.24) is 9.78 Å². The van der Waals surface area contributed by atoms with E-state index in [0.29, 0.717) is 5.92 Å². The number of rotatable bonds is 4. The smallest absolute Gasteiger partial charge is 0.308 e. The monoisotopic (exact) mass is 286 g/mol. The molecule has 2 rings (SSSR count). The number of amides is 2. The van der Waals surface area contributed by atoms with Crippen molar-refractivity contribution in [2.45, 2.75) is 34.2 Å². The molecule has 0 aliphatic heterocycles. The van der Waals surface area contributed by atoms with Crippen molar-refractivity contribution >= 4 is 17.4 Å². The molecular weight excluding hydrogens is 264 g/mol. The SMILES string of the molecule is Cc1nn(CC(C)C)c(C)c1NC(=O)Nc1ccccc1. The van der Waals surface area contributed by atoms with Crippen LogP contribution in [0.5, 0.6) is 0 Å². The van der Waals surface area contributed by atoms with E-state index in [-0.39, 0.29) is 6.03 Å². The number of carbonyl (C=O) groups excluding carboxylic acids is 1. The molecule has 1 heterocycles. The van der Waals surface area contributed by atoms with Gasteiger partial charge in [-0.15, -0.1) is 0 Å². The van der Waals surface area contributed by atoms with Gasteiger partial charge >= 0.3 is 6.03 Å². The van der Waals surface area contributed by atoms with Crippen LogP contribution in [0.1, 0.15) is 25.2 Å². The van der Waals surface area contributed by atoms with Crippen LogP contribution < -0.4 is 10.6 Å². The van der Waals surface area contributed by atoms with E-state index in [0.717, 1.165) is 29.3 Å². The summed E-state index contributed by atoms with van der Waals surface area (Å²) in [5.74, 6) is 0.508. The highest BCUT2D eigenvalue weighted by molar-refractivity contribution is 6.00. The standard InChI is InChI=1S/C16H22N4O/c1-11(2)10-20-13(4)15(12(3)19-20)18-16(21)17-14-8-6-5-7-9-14/h5-9,11H,10H2,1-4H3,(H2,17,18,21). The number of aromatic nitrogens is 2. The molecule has 2 aromatic rings. The van der Waals surface area contributed by atoms with Gasteiger partial charge in [-0.1, -0.05) is 32.0 Å². The van der Waals surface area contributed by atoms with Gasteiger partial charge in [0.25, 0.3) is 0 Å². The van der Waals surface area contributed by atoms with Crippen LogP contribution in [0.4, 0.5) is 16.2 Å². The van der Waals surface area contributed by atoms with E-state index in [4.69, 9.17) is 0 Å². The summed E-state index contributed by atoms with van der Waals surface area (Å²) in [5.41, 5.74) is 3.35. The highest BCUT2D eigenvalue weighted by Gasteiger charge is 2.14.